The zero-order valence-electron chi connectivity index (χ0n) is 14.6. The molecule has 4 nitrogen and oxygen atoms in total. The predicted molar refractivity (Wildman–Crippen MR) is 94.3 cm³/mol. The van der Waals surface area contributed by atoms with Crippen LogP contribution in [0.2, 0.25) is 0 Å². The Balaban J connectivity index is 2.00. The molecule has 132 valence electrons. The molecule has 0 amide bonds. The maximum atomic E-state index is 13.1. The minimum atomic E-state index is -0.505. The van der Waals surface area contributed by atoms with Crippen LogP contribution in [0.15, 0.2) is 53.5 Å². The van der Waals surface area contributed by atoms with E-state index < -0.39 is 12.0 Å². The maximum absolute atomic E-state index is 13.1. The van der Waals surface area contributed by atoms with Crippen LogP contribution in [0.3, 0.4) is 0 Å². The normalized spacial score (nSPS) is 23.2. The van der Waals surface area contributed by atoms with Gasteiger partial charge in [0.25, 0.3) is 0 Å². The summed E-state index contributed by atoms with van der Waals surface area (Å²) >= 11 is 0. The van der Waals surface area contributed by atoms with Crippen molar-refractivity contribution in [3.8, 4) is 0 Å². The van der Waals surface area contributed by atoms with Crippen molar-refractivity contribution in [2.75, 3.05) is 20.6 Å². The maximum Gasteiger partial charge on any atom is 0.177 e. The number of fused-ring (bicyclic) bond motifs is 1. The van der Waals surface area contributed by atoms with E-state index in [4.69, 9.17) is 4.74 Å². The molecule has 2 unspecified atom stereocenters. The Labute approximate surface area is 146 Å². The molecule has 0 radical (unpaired) electrons. The SMILES string of the molecule is CCC1=CC2C(=O)C(c3ccc(F)cc3)=COC2C(CN(C)C)=C1O. The molecule has 5 heteroatoms. The number of carbonyl (C=O) groups excluding carboxylic acids is 1. The second kappa shape index (κ2) is 6.84. The molecule has 0 bridgehead atoms. The predicted octanol–water partition coefficient (Wildman–Crippen LogP) is 3.47. The van der Waals surface area contributed by atoms with Crippen molar-refractivity contribution >= 4 is 11.4 Å². The number of Topliss-reactive ketones (excluding diaryl/α,β-unsaturated/α-hetero) is 1. The highest BCUT2D eigenvalue weighted by atomic mass is 19.1. The second-order valence-electron chi connectivity index (χ2n) is 6.64. The summed E-state index contributed by atoms with van der Waals surface area (Å²) < 4.78 is 19.0. The van der Waals surface area contributed by atoms with Crippen LogP contribution in [-0.2, 0) is 9.53 Å². The van der Waals surface area contributed by atoms with E-state index in [2.05, 4.69) is 0 Å². The average molecular weight is 343 g/mol. The van der Waals surface area contributed by atoms with E-state index in [0.717, 1.165) is 11.1 Å². The lowest BCUT2D eigenvalue weighted by Gasteiger charge is -2.35. The molecule has 1 aromatic rings. The van der Waals surface area contributed by atoms with Gasteiger partial charge in [0.1, 0.15) is 17.7 Å². The standard InChI is InChI=1S/C20H22FNO3/c1-4-12-9-15-19(24)17(13-5-7-14(21)8-6-13)11-25-20(15)16(18(12)23)10-22(2)3/h5-9,11,15,20,23H,4,10H2,1-3H3. The van der Waals surface area contributed by atoms with Crippen LogP contribution in [0, 0.1) is 11.7 Å². The molecule has 0 saturated carbocycles. The molecule has 0 aromatic heterocycles. The topological polar surface area (TPSA) is 49.8 Å². The fourth-order valence-corrected chi connectivity index (χ4v) is 3.33. The molecule has 2 atom stereocenters. The van der Waals surface area contributed by atoms with E-state index >= 15 is 0 Å². The van der Waals surface area contributed by atoms with Crippen molar-refractivity contribution in [3.63, 3.8) is 0 Å². The van der Waals surface area contributed by atoms with Crippen molar-refractivity contribution in [2.45, 2.75) is 19.4 Å². The van der Waals surface area contributed by atoms with E-state index in [1.54, 1.807) is 18.2 Å². The lowest BCUT2D eigenvalue weighted by atomic mass is 9.78. The molecule has 0 saturated heterocycles. The third kappa shape index (κ3) is 3.24. The first-order valence-corrected chi connectivity index (χ1v) is 8.36. The fraction of sp³-hybridized carbons (Fsp3) is 0.350. The third-order valence-electron chi connectivity index (χ3n) is 4.58. The number of halogens is 1. The number of benzene rings is 1. The molecule has 1 heterocycles. The highest BCUT2D eigenvalue weighted by molar-refractivity contribution is 6.23. The Hall–Kier alpha value is -2.40. The minimum Gasteiger partial charge on any atom is -0.508 e. The number of nitrogens with zero attached hydrogens (tertiary/aromatic N) is 1. The molecular weight excluding hydrogens is 321 g/mol. The zero-order valence-corrected chi connectivity index (χ0v) is 14.6. The number of aliphatic hydroxyl groups excluding tert-OH is 1. The summed E-state index contributed by atoms with van der Waals surface area (Å²) in [4.78, 5) is 15.0. The molecular formula is C20H22FNO3. The summed E-state index contributed by atoms with van der Waals surface area (Å²) in [6.07, 6.45) is 3.37. The van der Waals surface area contributed by atoms with Crippen LogP contribution in [0.5, 0.6) is 0 Å². The van der Waals surface area contributed by atoms with Gasteiger partial charge in [-0.05, 0) is 43.8 Å². The third-order valence-corrected chi connectivity index (χ3v) is 4.58. The number of carbonyl (C=O) groups is 1. The van der Waals surface area contributed by atoms with Crippen LogP contribution >= 0.6 is 0 Å². The molecule has 1 aliphatic carbocycles. The Morgan fingerprint density at radius 1 is 1.24 bits per heavy atom. The number of ketones is 1. The van der Waals surface area contributed by atoms with Gasteiger partial charge in [0.05, 0.1) is 17.8 Å². The van der Waals surface area contributed by atoms with Crippen molar-refractivity contribution < 1.29 is 19.0 Å². The number of aliphatic hydroxyl groups is 1. The van der Waals surface area contributed by atoms with Crippen molar-refractivity contribution in [3.05, 3.63) is 64.9 Å². The summed E-state index contributed by atoms with van der Waals surface area (Å²) in [7, 11) is 3.81. The van der Waals surface area contributed by atoms with Crippen molar-refractivity contribution in [1.29, 1.82) is 0 Å². The van der Waals surface area contributed by atoms with Gasteiger partial charge in [-0.25, -0.2) is 4.39 Å². The largest absolute Gasteiger partial charge is 0.508 e. The van der Waals surface area contributed by atoms with Crippen LogP contribution in [0.25, 0.3) is 5.57 Å². The average Bonchev–Trinajstić information content (AvgIpc) is 2.58. The van der Waals surface area contributed by atoms with Gasteiger partial charge in [-0.2, -0.15) is 0 Å². The van der Waals surface area contributed by atoms with Gasteiger partial charge < -0.3 is 14.7 Å². The van der Waals surface area contributed by atoms with Gasteiger partial charge in [0.2, 0.25) is 0 Å². The number of hydrogen-bond acceptors (Lipinski definition) is 4. The van der Waals surface area contributed by atoms with E-state index in [0.29, 0.717) is 24.1 Å². The summed E-state index contributed by atoms with van der Waals surface area (Å²) in [5.41, 5.74) is 2.54. The van der Waals surface area contributed by atoms with Gasteiger partial charge in [-0.1, -0.05) is 25.1 Å². The Morgan fingerprint density at radius 2 is 1.92 bits per heavy atom. The van der Waals surface area contributed by atoms with Gasteiger partial charge in [-0.15, -0.1) is 0 Å². The van der Waals surface area contributed by atoms with E-state index in [9.17, 15) is 14.3 Å². The Bertz CT molecular complexity index is 775. The number of hydrogen-bond donors (Lipinski definition) is 1. The second-order valence-corrected chi connectivity index (χ2v) is 6.64. The lowest BCUT2D eigenvalue weighted by Crippen LogP contribution is -2.40. The minimum absolute atomic E-state index is 0.0717. The highest BCUT2D eigenvalue weighted by Gasteiger charge is 2.41. The first kappa shape index (κ1) is 17.4. The van der Waals surface area contributed by atoms with Crippen molar-refractivity contribution in [2.24, 2.45) is 5.92 Å². The zero-order chi connectivity index (χ0) is 18.1. The number of allylic oxidation sites excluding steroid dienone is 2. The molecule has 3 rings (SSSR count). The summed E-state index contributed by atoms with van der Waals surface area (Å²) in [5.74, 6) is -0.675. The number of rotatable bonds is 4. The van der Waals surface area contributed by atoms with Gasteiger partial charge in [0, 0.05) is 12.1 Å². The lowest BCUT2D eigenvalue weighted by molar-refractivity contribution is -0.119. The molecule has 25 heavy (non-hydrogen) atoms. The van der Waals surface area contributed by atoms with Crippen LogP contribution < -0.4 is 0 Å². The molecule has 1 aromatic carbocycles. The van der Waals surface area contributed by atoms with E-state index in [1.807, 2.05) is 25.9 Å². The van der Waals surface area contributed by atoms with E-state index in [1.165, 1.54) is 18.4 Å². The molecule has 0 fully saturated rings. The number of likely N-dealkylation sites (N-methyl/N-ethyl adjacent to an activating group) is 1. The van der Waals surface area contributed by atoms with Gasteiger partial charge in [-0.3, -0.25) is 4.79 Å². The smallest absolute Gasteiger partial charge is 0.177 e. The van der Waals surface area contributed by atoms with Gasteiger partial charge in [0.15, 0.2) is 5.78 Å². The molecule has 1 aliphatic heterocycles. The Morgan fingerprint density at radius 3 is 2.52 bits per heavy atom. The van der Waals surface area contributed by atoms with Gasteiger partial charge >= 0.3 is 0 Å². The quantitative estimate of drug-likeness (QED) is 0.909. The van der Waals surface area contributed by atoms with Crippen LogP contribution in [0.1, 0.15) is 18.9 Å². The van der Waals surface area contributed by atoms with Crippen molar-refractivity contribution in [1.82, 2.24) is 4.90 Å². The summed E-state index contributed by atoms with van der Waals surface area (Å²) in [6.45, 7) is 2.46. The fourth-order valence-electron chi connectivity index (χ4n) is 3.33. The van der Waals surface area contributed by atoms with E-state index in [-0.39, 0.29) is 17.4 Å². The summed E-state index contributed by atoms with van der Waals surface area (Å²) in [6, 6.07) is 5.80. The monoisotopic (exact) mass is 343 g/mol. The first-order chi connectivity index (χ1) is 11.9. The number of ether oxygens (including phenoxy) is 1. The molecule has 2 aliphatic rings. The molecule has 1 N–H and O–H groups in total. The van der Waals surface area contributed by atoms with Crippen LogP contribution in [0.4, 0.5) is 4.39 Å². The summed E-state index contributed by atoms with van der Waals surface area (Å²) in [5, 5.41) is 10.5. The molecule has 0 spiro atoms. The first-order valence-electron chi connectivity index (χ1n) is 8.36. The van der Waals surface area contributed by atoms with Crippen LogP contribution in [-0.4, -0.2) is 42.5 Å². The Kier molecular flexibility index (Phi) is 4.77. The highest BCUT2D eigenvalue weighted by Crippen LogP contribution is 2.38.